The first kappa shape index (κ1) is 7.56. The number of hydrogen-bond donors (Lipinski definition) is 0. The fourth-order valence-corrected chi connectivity index (χ4v) is 2.01. The lowest BCUT2D eigenvalue weighted by atomic mass is 9.96. The van der Waals surface area contributed by atoms with Crippen LogP contribution in [0.5, 0.6) is 0 Å². The van der Waals surface area contributed by atoms with Crippen LogP contribution in [0.3, 0.4) is 0 Å². The molecular formula is C9H16O2. The maximum Gasteiger partial charge on any atom is 0.147 e. The topological polar surface area (TPSA) is 18.5 Å². The van der Waals surface area contributed by atoms with Gasteiger partial charge in [-0.05, 0) is 12.8 Å². The first-order valence-corrected chi connectivity index (χ1v) is 4.70. The van der Waals surface area contributed by atoms with Crippen LogP contribution in [0.15, 0.2) is 0 Å². The highest BCUT2D eigenvalue weighted by Gasteiger charge is 2.28. The van der Waals surface area contributed by atoms with Crippen molar-refractivity contribution in [3.8, 4) is 0 Å². The van der Waals surface area contributed by atoms with Gasteiger partial charge in [-0.25, -0.2) is 0 Å². The average molecular weight is 156 g/mol. The van der Waals surface area contributed by atoms with Crippen LogP contribution in [0.4, 0.5) is 0 Å². The summed E-state index contributed by atoms with van der Waals surface area (Å²) in [5.74, 6) is 0. The average Bonchev–Trinajstić information content (AvgIpc) is 2.35. The Kier molecular flexibility index (Phi) is 2.44. The smallest absolute Gasteiger partial charge is 0.147 e. The van der Waals surface area contributed by atoms with E-state index in [1.165, 1.54) is 38.5 Å². The Morgan fingerprint density at radius 3 is 1.82 bits per heavy atom. The summed E-state index contributed by atoms with van der Waals surface area (Å²) in [6.07, 6.45) is 8.69. The molecular weight excluding hydrogens is 140 g/mol. The second kappa shape index (κ2) is 3.55. The lowest BCUT2D eigenvalue weighted by Gasteiger charge is -2.19. The van der Waals surface area contributed by atoms with Gasteiger partial charge < -0.3 is 9.47 Å². The van der Waals surface area contributed by atoms with Gasteiger partial charge in [0.15, 0.2) is 0 Å². The minimum atomic E-state index is 0.426. The summed E-state index contributed by atoms with van der Waals surface area (Å²) in [5.41, 5.74) is 0. The van der Waals surface area contributed by atoms with E-state index in [2.05, 4.69) is 0 Å². The van der Waals surface area contributed by atoms with Crippen LogP contribution in [-0.4, -0.2) is 19.0 Å². The molecule has 0 aromatic carbocycles. The van der Waals surface area contributed by atoms with Crippen molar-refractivity contribution in [2.75, 3.05) is 6.79 Å². The van der Waals surface area contributed by atoms with Crippen LogP contribution >= 0.6 is 0 Å². The van der Waals surface area contributed by atoms with Gasteiger partial charge in [-0.3, -0.25) is 0 Å². The van der Waals surface area contributed by atoms with Crippen molar-refractivity contribution >= 4 is 0 Å². The molecule has 1 aliphatic heterocycles. The van der Waals surface area contributed by atoms with Crippen LogP contribution in [-0.2, 0) is 9.47 Å². The van der Waals surface area contributed by atoms with Crippen molar-refractivity contribution < 1.29 is 9.47 Å². The third-order valence-corrected chi connectivity index (χ3v) is 2.71. The second-order valence-corrected chi connectivity index (χ2v) is 3.52. The number of fused-ring (bicyclic) bond motifs is 1. The third kappa shape index (κ3) is 1.74. The quantitative estimate of drug-likeness (QED) is 0.534. The van der Waals surface area contributed by atoms with E-state index in [4.69, 9.17) is 9.47 Å². The molecule has 2 atom stereocenters. The van der Waals surface area contributed by atoms with Crippen LogP contribution in [0.2, 0.25) is 0 Å². The molecule has 64 valence electrons. The van der Waals surface area contributed by atoms with E-state index in [1.807, 2.05) is 0 Å². The summed E-state index contributed by atoms with van der Waals surface area (Å²) < 4.78 is 10.9. The Balaban J connectivity index is 1.89. The zero-order valence-electron chi connectivity index (χ0n) is 6.92. The lowest BCUT2D eigenvalue weighted by molar-refractivity contribution is 0.0368. The van der Waals surface area contributed by atoms with E-state index in [0.29, 0.717) is 19.0 Å². The minimum Gasteiger partial charge on any atom is -0.349 e. The first-order chi connectivity index (χ1) is 5.47. The summed E-state index contributed by atoms with van der Waals surface area (Å²) in [4.78, 5) is 0. The van der Waals surface area contributed by atoms with E-state index in [0.717, 1.165) is 0 Å². The van der Waals surface area contributed by atoms with Crippen molar-refractivity contribution in [3.63, 3.8) is 0 Å². The van der Waals surface area contributed by atoms with Crippen molar-refractivity contribution in [3.05, 3.63) is 0 Å². The molecule has 0 amide bonds. The minimum absolute atomic E-state index is 0.426. The van der Waals surface area contributed by atoms with E-state index in [-0.39, 0.29) is 0 Å². The summed E-state index contributed by atoms with van der Waals surface area (Å²) >= 11 is 0. The van der Waals surface area contributed by atoms with Crippen molar-refractivity contribution in [2.45, 2.75) is 50.7 Å². The summed E-state index contributed by atoms with van der Waals surface area (Å²) in [7, 11) is 0. The fraction of sp³-hybridized carbons (Fsp3) is 1.00. The van der Waals surface area contributed by atoms with Gasteiger partial charge in [-0.2, -0.15) is 0 Å². The summed E-state index contributed by atoms with van der Waals surface area (Å²) in [6, 6.07) is 0. The maximum atomic E-state index is 5.47. The molecule has 2 rings (SSSR count). The highest BCUT2D eigenvalue weighted by atomic mass is 16.7. The molecule has 1 aliphatic carbocycles. The summed E-state index contributed by atoms with van der Waals surface area (Å²) in [6.45, 7) is 0.537. The van der Waals surface area contributed by atoms with E-state index in [9.17, 15) is 0 Å². The lowest BCUT2D eigenvalue weighted by Crippen LogP contribution is -2.23. The number of rotatable bonds is 0. The molecule has 2 fully saturated rings. The molecule has 0 unspecified atom stereocenters. The molecule has 0 aromatic heterocycles. The highest BCUT2D eigenvalue weighted by molar-refractivity contribution is 4.76. The Bertz CT molecular complexity index is 111. The number of hydrogen-bond acceptors (Lipinski definition) is 2. The van der Waals surface area contributed by atoms with Crippen molar-refractivity contribution in [1.29, 1.82) is 0 Å². The Morgan fingerprint density at radius 2 is 1.27 bits per heavy atom. The Morgan fingerprint density at radius 1 is 0.727 bits per heavy atom. The first-order valence-electron chi connectivity index (χ1n) is 4.70. The molecule has 11 heavy (non-hydrogen) atoms. The van der Waals surface area contributed by atoms with Gasteiger partial charge in [-0.1, -0.05) is 25.7 Å². The van der Waals surface area contributed by atoms with Gasteiger partial charge in [0.25, 0.3) is 0 Å². The zero-order valence-corrected chi connectivity index (χ0v) is 6.92. The predicted molar refractivity (Wildman–Crippen MR) is 42.3 cm³/mol. The van der Waals surface area contributed by atoms with Crippen molar-refractivity contribution in [2.24, 2.45) is 0 Å². The largest absolute Gasteiger partial charge is 0.349 e. The Hall–Kier alpha value is -0.0800. The van der Waals surface area contributed by atoms with Gasteiger partial charge in [-0.15, -0.1) is 0 Å². The molecule has 0 N–H and O–H groups in total. The SMILES string of the molecule is C1CCC[C@H]2OCO[C@H]2CC1. The zero-order chi connectivity index (χ0) is 7.52. The standard InChI is InChI=1S/C9H16O2/c1-2-4-6-9-8(5-3-1)10-7-11-9/h8-9H,1-7H2/t8-,9+. The maximum absolute atomic E-state index is 5.47. The van der Waals surface area contributed by atoms with E-state index < -0.39 is 0 Å². The van der Waals surface area contributed by atoms with Gasteiger partial charge in [0.2, 0.25) is 0 Å². The normalized spacial score (nSPS) is 39.3. The molecule has 1 saturated carbocycles. The van der Waals surface area contributed by atoms with E-state index >= 15 is 0 Å². The molecule has 2 heteroatoms. The predicted octanol–water partition coefficient (Wildman–Crippen LogP) is 2.08. The molecule has 0 spiro atoms. The monoisotopic (exact) mass is 156 g/mol. The molecule has 0 aromatic rings. The second-order valence-electron chi connectivity index (χ2n) is 3.52. The molecule has 1 heterocycles. The molecule has 0 bridgehead atoms. The van der Waals surface area contributed by atoms with Crippen LogP contribution in [0.25, 0.3) is 0 Å². The molecule has 2 aliphatic rings. The van der Waals surface area contributed by atoms with Gasteiger partial charge >= 0.3 is 0 Å². The highest BCUT2D eigenvalue weighted by Crippen LogP contribution is 2.26. The Labute approximate surface area is 67.9 Å². The van der Waals surface area contributed by atoms with Crippen molar-refractivity contribution in [1.82, 2.24) is 0 Å². The van der Waals surface area contributed by atoms with Gasteiger partial charge in [0.1, 0.15) is 6.79 Å². The molecule has 2 nitrogen and oxygen atoms in total. The van der Waals surface area contributed by atoms with Crippen LogP contribution in [0, 0.1) is 0 Å². The van der Waals surface area contributed by atoms with Crippen LogP contribution in [0.1, 0.15) is 38.5 Å². The molecule has 1 saturated heterocycles. The number of ether oxygens (including phenoxy) is 2. The van der Waals surface area contributed by atoms with Gasteiger partial charge in [0.05, 0.1) is 12.2 Å². The third-order valence-electron chi connectivity index (χ3n) is 2.71. The van der Waals surface area contributed by atoms with Gasteiger partial charge in [0, 0.05) is 0 Å². The molecule has 0 radical (unpaired) electrons. The fourth-order valence-electron chi connectivity index (χ4n) is 2.01. The van der Waals surface area contributed by atoms with Crippen LogP contribution < -0.4 is 0 Å². The summed E-state index contributed by atoms with van der Waals surface area (Å²) in [5, 5.41) is 0. The van der Waals surface area contributed by atoms with E-state index in [1.54, 1.807) is 0 Å².